The predicted molar refractivity (Wildman–Crippen MR) is 79.5 cm³/mol. The van der Waals surface area contributed by atoms with Gasteiger partial charge < -0.3 is 5.32 Å². The third-order valence-corrected chi connectivity index (χ3v) is 4.46. The minimum absolute atomic E-state index is 0.0820. The van der Waals surface area contributed by atoms with E-state index in [1.54, 1.807) is 0 Å². The number of carbonyl (C=O) groups is 1. The molecule has 0 saturated carbocycles. The van der Waals surface area contributed by atoms with Crippen molar-refractivity contribution >= 4 is 17.5 Å². The summed E-state index contributed by atoms with van der Waals surface area (Å²) in [6.07, 6.45) is 3.45. The molecule has 1 aromatic rings. The van der Waals surface area contributed by atoms with Crippen LogP contribution in [0, 0.1) is 5.92 Å². The van der Waals surface area contributed by atoms with Crippen LogP contribution in [-0.4, -0.2) is 17.3 Å². The highest BCUT2D eigenvalue weighted by Gasteiger charge is 2.31. The van der Waals surface area contributed by atoms with Gasteiger partial charge in [0, 0.05) is 17.3 Å². The summed E-state index contributed by atoms with van der Waals surface area (Å²) in [5.41, 5.74) is 2.46. The SMILES string of the molecule is CCC(C)(CCCl)NC(=O)C1Cc2ccccc2C1. The molecule has 1 aliphatic carbocycles. The molecule has 1 amide bonds. The van der Waals surface area contributed by atoms with Gasteiger partial charge in [0.05, 0.1) is 0 Å². The maximum Gasteiger partial charge on any atom is 0.224 e. The van der Waals surface area contributed by atoms with Gasteiger partial charge in [0.2, 0.25) is 5.91 Å². The lowest BCUT2D eigenvalue weighted by molar-refractivity contribution is -0.126. The Morgan fingerprint density at radius 3 is 2.42 bits per heavy atom. The van der Waals surface area contributed by atoms with E-state index in [0.717, 1.165) is 25.7 Å². The summed E-state index contributed by atoms with van der Waals surface area (Å²) in [6, 6.07) is 8.34. The molecule has 3 heteroatoms. The monoisotopic (exact) mass is 279 g/mol. The summed E-state index contributed by atoms with van der Waals surface area (Å²) in [5.74, 6) is 0.833. The number of alkyl halides is 1. The van der Waals surface area contributed by atoms with Gasteiger partial charge >= 0.3 is 0 Å². The lowest BCUT2D eigenvalue weighted by Crippen LogP contribution is -2.48. The van der Waals surface area contributed by atoms with Crippen LogP contribution in [0.3, 0.4) is 0 Å². The van der Waals surface area contributed by atoms with Crippen LogP contribution in [0.4, 0.5) is 0 Å². The Balaban J connectivity index is 1.99. The van der Waals surface area contributed by atoms with Crippen molar-refractivity contribution in [2.24, 2.45) is 5.92 Å². The minimum atomic E-state index is -0.173. The van der Waals surface area contributed by atoms with E-state index < -0.39 is 0 Å². The summed E-state index contributed by atoms with van der Waals surface area (Å²) in [7, 11) is 0. The number of hydrogen-bond donors (Lipinski definition) is 1. The van der Waals surface area contributed by atoms with Crippen LogP contribution in [0.1, 0.15) is 37.8 Å². The summed E-state index contributed by atoms with van der Waals surface area (Å²) in [6.45, 7) is 4.17. The summed E-state index contributed by atoms with van der Waals surface area (Å²) >= 11 is 5.83. The van der Waals surface area contributed by atoms with Crippen molar-refractivity contribution in [1.29, 1.82) is 0 Å². The van der Waals surface area contributed by atoms with Crippen molar-refractivity contribution < 1.29 is 4.79 Å². The van der Waals surface area contributed by atoms with Crippen LogP contribution >= 0.6 is 11.6 Å². The molecular formula is C16H22ClNO. The Kier molecular flexibility index (Phi) is 4.51. The molecule has 0 aromatic heterocycles. The Morgan fingerprint density at radius 2 is 1.95 bits per heavy atom. The summed E-state index contributed by atoms with van der Waals surface area (Å²) in [4.78, 5) is 12.4. The minimum Gasteiger partial charge on any atom is -0.351 e. The third-order valence-electron chi connectivity index (χ3n) is 4.27. The number of amides is 1. The smallest absolute Gasteiger partial charge is 0.224 e. The van der Waals surface area contributed by atoms with Crippen LogP contribution in [0.15, 0.2) is 24.3 Å². The van der Waals surface area contributed by atoms with Crippen molar-refractivity contribution in [3.63, 3.8) is 0 Å². The van der Waals surface area contributed by atoms with Gasteiger partial charge in [-0.25, -0.2) is 0 Å². The number of benzene rings is 1. The molecule has 0 bridgehead atoms. The summed E-state index contributed by atoms with van der Waals surface area (Å²) in [5, 5.41) is 3.20. The molecule has 0 radical (unpaired) electrons. The topological polar surface area (TPSA) is 29.1 Å². The van der Waals surface area contributed by atoms with Gasteiger partial charge in [-0.05, 0) is 43.7 Å². The van der Waals surface area contributed by atoms with Gasteiger partial charge in [0.1, 0.15) is 0 Å². The first-order chi connectivity index (χ1) is 9.08. The van der Waals surface area contributed by atoms with E-state index in [4.69, 9.17) is 11.6 Å². The van der Waals surface area contributed by atoms with Crippen molar-refractivity contribution in [1.82, 2.24) is 5.32 Å². The zero-order valence-electron chi connectivity index (χ0n) is 11.7. The lowest BCUT2D eigenvalue weighted by atomic mass is 9.93. The fourth-order valence-corrected chi connectivity index (χ4v) is 3.10. The largest absolute Gasteiger partial charge is 0.351 e. The van der Waals surface area contributed by atoms with Crippen molar-refractivity contribution in [2.45, 2.75) is 45.1 Å². The maximum atomic E-state index is 12.4. The number of carbonyl (C=O) groups excluding carboxylic acids is 1. The predicted octanol–water partition coefficient (Wildman–Crippen LogP) is 3.32. The third kappa shape index (κ3) is 3.30. The number of hydrogen-bond acceptors (Lipinski definition) is 1. The molecule has 2 nitrogen and oxygen atoms in total. The Morgan fingerprint density at radius 1 is 1.37 bits per heavy atom. The first-order valence-corrected chi connectivity index (χ1v) is 7.56. The van der Waals surface area contributed by atoms with E-state index >= 15 is 0 Å². The van der Waals surface area contributed by atoms with Crippen molar-refractivity contribution in [2.75, 3.05) is 5.88 Å². The molecule has 1 aliphatic rings. The normalized spacial score (nSPS) is 17.8. The highest BCUT2D eigenvalue weighted by atomic mass is 35.5. The molecular weight excluding hydrogens is 258 g/mol. The van der Waals surface area contributed by atoms with Gasteiger partial charge in [-0.3, -0.25) is 4.79 Å². The first-order valence-electron chi connectivity index (χ1n) is 7.03. The van der Waals surface area contributed by atoms with Gasteiger partial charge in [-0.1, -0.05) is 31.2 Å². The maximum absolute atomic E-state index is 12.4. The highest BCUT2D eigenvalue weighted by Crippen LogP contribution is 2.27. The van der Waals surface area contributed by atoms with E-state index in [1.165, 1.54) is 11.1 Å². The van der Waals surface area contributed by atoms with Crippen molar-refractivity contribution in [3.05, 3.63) is 35.4 Å². The zero-order chi connectivity index (χ0) is 13.9. The van der Waals surface area contributed by atoms with Crippen LogP contribution in [0.5, 0.6) is 0 Å². The molecule has 1 unspecified atom stereocenters. The fourth-order valence-electron chi connectivity index (χ4n) is 2.68. The van der Waals surface area contributed by atoms with Gasteiger partial charge in [-0.15, -0.1) is 11.6 Å². The van der Waals surface area contributed by atoms with Gasteiger partial charge in [0.25, 0.3) is 0 Å². The molecule has 1 N–H and O–H groups in total. The van der Waals surface area contributed by atoms with Gasteiger partial charge in [-0.2, -0.15) is 0 Å². The molecule has 104 valence electrons. The quantitative estimate of drug-likeness (QED) is 0.823. The average molecular weight is 280 g/mol. The van der Waals surface area contributed by atoms with Crippen LogP contribution in [0.2, 0.25) is 0 Å². The fraction of sp³-hybridized carbons (Fsp3) is 0.562. The second-order valence-corrected chi connectivity index (χ2v) is 6.09. The zero-order valence-corrected chi connectivity index (χ0v) is 12.5. The molecule has 2 rings (SSSR count). The van der Waals surface area contributed by atoms with Crippen molar-refractivity contribution in [3.8, 4) is 0 Å². The van der Waals surface area contributed by atoms with E-state index in [9.17, 15) is 4.79 Å². The molecule has 0 spiro atoms. The second-order valence-electron chi connectivity index (χ2n) is 5.72. The lowest BCUT2D eigenvalue weighted by Gasteiger charge is -2.30. The number of rotatable bonds is 5. The molecule has 0 fully saturated rings. The molecule has 1 aromatic carbocycles. The molecule has 0 saturated heterocycles. The number of nitrogens with one attached hydrogen (secondary N) is 1. The van der Waals surface area contributed by atoms with E-state index in [-0.39, 0.29) is 17.4 Å². The van der Waals surface area contributed by atoms with Crippen LogP contribution in [0.25, 0.3) is 0 Å². The standard InChI is InChI=1S/C16H22ClNO/c1-3-16(2,8-9-17)18-15(19)14-10-12-6-4-5-7-13(12)11-14/h4-7,14H,3,8-11H2,1-2H3,(H,18,19). The van der Waals surface area contributed by atoms with E-state index in [2.05, 4.69) is 31.3 Å². The molecule has 1 atom stereocenters. The summed E-state index contributed by atoms with van der Waals surface area (Å²) < 4.78 is 0. The Labute approximate surface area is 120 Å². The Hall–Kier alpha value is -1.02. The average Bonchev–Trinajstić information content (AvgIpc) is 2.83. The molecule has 19 heavy (non-hydrogen) atoms. The molecule has 0 aliphatic heterocycles. The van der Waals surface area contributed by atoms with Crippen LogP contribution < -0.4 is 5.32 Å². The first kappa shape index (κ1) is 14.4. The highest BCUT2D eigenvalue weighted by molar-refractivity contribution is 6.17. The van der Waals surface area contributed by atoms with Gasteiger partial charge in [0.15, 0.2) is 0 Å². The number of fused-ring (bicyclic) bond motifs is 1. The van der Waals surface area contributed by atoms with Crippen LogP contribution in [-0.2, 0) is 17.6 Å². The Bertz CT molecular complexity index is 435. The van der Waals surface area contributed by atoms with E-state index in [1.807, 2.05) is 12.1 Å². The molecule has 0 heterocycles. The van der Waals surface area contributed by atoms with E-state index in [0.29, 0.717) is 5.88 Å². The number of halogens is 1. The second kappa shape index (κ2) is 5.96.